The standard InChI is InChI=1S/C14H16N4O/c15-9-11-7-14(19)17(10-11)12-3-1-4-13(8-12)18-6-2-5-16-18/h1-6,8,11H,7,9-10,15H2. The smallest absolute Gasteiger partial charge is 0.227 e. The highest BCUT2D eigenvalue weighted by molar-refractivity contribution is 5.96. The third-order valence-electron chi connectivity index (χ3n) is 3.45. The summed E-state index contributed by atoms with van der Waals surface area (Å²) in [7, 11) is 0. The van der Waals surface area contributed by atoms with Gasteiger partial charge < -0.3 is 10.6 Å². The van der Waals surface area contributed by atoms with Gasteiger partial charge in [-0.2, -0.15) is 5.10 Å². The normalized spacial score (nSPS) is 19.1. The molecular weight excluding hydrogens is 240 g/mol. The van der Waals surface area contributed by atoms with Crippen LogP contribution in [0.5, 0.6) is 0 Å². The Balaban J connectivity index is 1.90. The van der Waals surface area contributed by atoms with E-state index in [0.29, 0.717) is 19.5 Å². The first-order chi connectivity index (χ1) is 9.28. The fourth-order valence-electron chi connectivity index (χ4n) is 2.41. The van der Waals surface area contributed by atoms with Gasteiger partial charge in [-0.1, -0.05) is 6.07 Å². The second-order valence-corrected chi connectivity index (χ2v) is 4.78. The van der Waals surface area contributed by atoms with Crippen LogP contribution in [0.2, 0.25) is 0 Å². The molecule has 1 atom stereocenters. The van der Waals surface area contributed by atoms with E-state index in [4.69, 9.17) is 5.73 Å². The van der Waals surface area contributed by atoms with Crippen molar-refractivity contribution < 1.29 is 4.79 Å². The molecule has 0 spiro atoms. The van der Waals surface area contributed by atoms with Gasteiger partial charge in [-0.15, -0.1) is 0 Å². The number of hydrogen-bond donors (Lipinski definition) is 1. The molecule has 1 saturated heterocycles. The van der Waals surface area contributed by atoms with Crippen molar-refractivity contribution >= 4 is 11.6 Å². The van der Waals surface area contributed by atoms with Gasteiger partial charge in [0.1, 0.15) is 0 Å². The highest BCUT2D eigenvalue weighted by Crippen LogP contribution is 2.26. The van der Waals surface area contributed by atoms with Crippen molar-refractivity contribution in [1.82, 2.24) is 9.78 Å². The number of carbonyl (C=O) groups is 1. The molecule has 1 unspecified atom stereocenters. The molecule has 2 aromatic rings. The summed E-state index contributed by atoms with van der Waals surface area (Å²) in [5, 5.41) is 4.20. The van der Waals surface area contributed by atoms with Crippen molar-refractivity contribution in [2.75, 3.05) is 18.0 Å². The summed E-state index contributed by atoms with van der Waals surface area (Å²) in [4.78, 5) is 13.8. The van der Waals surface area contributed by atoms with Crippen LogP contribution in [0.15, 0.2) is 42.7 Å². The largest absolute Gasteiger partial charge is 0.330 e. The number of amides is 1. The maximum absolute atomic E-state index is 12.0. The van der Waals surface area contributed by atoms with Crippen LogP contribution in [0.1, 0.15) is 6.42 Å². The maximum atomic E-state index is 12.0. The zero-order chi connectivity index (χ0) is 13.2. The number of benzene rings is 1. The predicted octanol–water partition coefficient (Wildman–Crippen LogP) is 1.18. The average molecular weight is 256 g/mol. The van der Waals surface area contributed by atoms with Crippen molar-refractivity contribution in [3.05, 3.63) is 42.7 Å². The molecule has 0 aliphatic carbocycles. The van der Waals surface area contributed by atoms with Crippen LogP contribution >= 0.6 is 0 Å². The monoisotopic (exact) mass is 256 g/mol. The molecule has 1 aromatic heterocycles. The van der Waals surface area contributed by atoms with Crippen LogP contribution in [-0.4, -0.2) is 28.8 Å². The Morgan fingerprint density at radius 3 is 2.84 bits per heavy atom. The number of aromatic nitrogens is 2. The molecule has 98 valence electrons. The fourth-order valence-corrected chi connectivity index (χ4v) is 2.41. The molecule has 2 heterocycles. The predicted molar refractivity (Wildman–Crippen MR) is 73.1 cm³/mol. The molecule has 1 aliphatic rings. The summed E-state index contributed by atoms with van der Waals surface area (Å²) >= 11 is 0. The summed E-state index contributed by atoms with van der Waals surface area (Å²) in [6.45, 7) is 1.26. The average Bonchev–Trinajstić information content (AvgIpc) is 3.08. The van der Waals surface area contributed by atoms with Crippen molar-refractivity contribution in [1.29, 1.82) is 0 Å². The number of carbonyl (C=O) groups excluding carboxylic acids is 1. The lowest BCUT2D eigenvalue weighted by Gasteiger charge is -2.17. The summed E-state index contributed by atoms with van der Waals surface area (Å²) < 4.78 is 1.78. The Morgan fingerprint density at radius 1 is 1.32 bits per heavy atom. The van der Waals surface area contributed by atoms with E-state index in [0.717, 1.165) is 11.4 Å². The van der Waals surface area contributed by atoms with Crippen LogP contribution in [0, 0.1) is 5.92 Å². The topological polar surface area (TPSA) is 64.2 Å². The molecule has 1 fully saturated rings. The van der Waals surface area contributed by atoms with E-state index in [1.165, 1.54) is 0 Å². The van der Waals surface area contributed by atoms with Crippen LogP contribution in [-0.2, 0) is 4.79 Å². The molecule has 1 aliphatic heterocycles. The number of nitrogens with two attached hydrogens (primary N) is 1. The van der Waals surface area contributed by atoms with Gasteiger partial charge in [-0.05, 0) is 36.7 Å². The Labute approximate surface area is 111 Å². The van der Waals surface area contributed by atoms with E-state index >= 15 is 0 Å². The van der Waals surface area contributed by atoms with E-state index in [-0.39, 0.29) is 11.8 Å². The Bertz CT molecular complexity index is 579. The summed E-state index contributed by atoms with van der Waals surface area (Å²) in [5.41, 5.74) is 7.51. The van der Waals surface area contributed by atoms with Crippen LogP contribution in [0.3, 0.4) is 0 Å². The van der Waals surface area contributed by atoms with E-state index < -0.39 is 0 Å². The molecule has 0 saturated carbocycles. The zero-order valence-corrected chi connectivity index (χ0v) is 10.6. The van der Waals surface area contributed by atoms with Crippen LogP contribution in [0.25, 0.3) is 5.69 Å². The van der Waals surface area contributed by atoms with Gasteiger partial charge in [0.25, 0.3) is 0 Å². The van der Waals surface area contributed by atoms with E-state index in [2.05, 4.69) is 5.10 Å². The first kappa shape index (κ1) is 11.9. The summed E-state index contributed by atoms with van der Waals surface area (Å²) in [6, 6.07) is 9.71. The third-order valence-corrected chi connectivity index (χ3v) is 3.45. The van der Waals surface area contributed by atoms with E-state index in [1.807, 2.05) is 41.4 Å². The minimum atomic E-state index is 0.146. The van der Waals surface area contributed by atoms with Crippen molar-refractivity contribution in [2.24, 2.45) is 11.7 Å². The van der Waals surface area contributed by atoms with Crippen molar-refractivity contribution in [2.45, 2.75) is 6.42 Å². The first-order valence-corrected chi connectivity index (χ1v) is 6.38. The second-order valence-electron chi connectivity index (χ2n) is 4.78. The number of hydrogen-bond acceptors (Lipinski definition) is 3. The van der Waals surface area contributed by atoms with E-state index in [9.17, 15) is 4.79 Å². The van der Waals surface area contributed by atoms with Crippen LogP contribution in [0.4, 0.5) is 5.69 Å². The second kappa shape index (κ2) is 4.85. The minimum absolute atomic E-state index is 0.146. The lowest BCUT2D eigenvalue weighted by atomic mass is 10.1. The minimum Gasteiger partial charge on any atom is -0.330 e. The molecule has 1 aromatic carbocycles. The molecule has 3 rings (SSSR count). The molecule has 5 nitrogen and oxygen atoms in total. The van der Waals surface area contributed by atoms with Crippen molar-refractivity contribution in [3.8, 4) is 5.69 Å². The highest BCUT2D eigenvalue weighted by Gasteiger charge is 2.29. The number of anilines is 1. The third kappa shape index (κ3) is 2.24. The van der Waals surface area contributed by atoms with Gasteiger partial charge >= 0.3 is 0 Å². The molecule has 0 radical (unpaired) electrons. The van der Waals surface area contributed by atoms with Gasteiger partial charge in [0.05, 0.1) is 5.69 Å². The fraction of sp³-hybridized carbons (Fsp3) is 0.286. The van der Waals surface area contributed by atoms with Gasteiger partial charge in [0, 0.05) is 31.0 Å². The van der Waals surface area contributed by atoms with Gasteiger partial charge in [0.15, 0.2) is 0 Å². The lowest BCUT2D eigenvalue weighted by molar-refractivity contribution is -0.117. The zero-order valence-electron chi connectivity index (χ0n) is 10.6. The number of nitrogens with zero attached hydrogens (tertiary/aromatic N) is 3. The Morgan fingerprint density at radius 2 is 2.16 bits per heavy atom. The van der Waals surface area contributed by atoms with Crippen molar-refractivity contribution in [3.63, 3.8) is 0 Å². The van der Waals surface area contributed by atoms with Crippen LogP contribution < -0.4 is 10.6 Å². The first-order valence-electron chi connectivity index (χ1n) is 6.38. The molecule has 5 heteroatoms. The van der Waals surface area contributed by atoms with E-state index in [1.54, 1.807) is 10.9 Å². The molecule has 2 N–H and O–H groups in total. The lowest BCUT2D eigenvalue weighted by Crippen LogP contribution is -2.25. The van der Waals surface area contributed by atoms with Gasteiger partial charge in [-0.25, -0.2) is 4.68 Å². The molecule has 19 heavy (non-hydrogen) atoms. The summed E-state index contributed by atoms with van der Waals surface area (Å²) in [6.07, 6.45) is 4.16. The molecule has 0 bridgehead atoms. The quantitative estimate of drug-likeness (QED) is 0.897. The molecule has 1 amide bonds. The van der Waals surface area contributed by atoms with Gasteiger partial charge in [0.2, 0.25) is 5.91 Å². The SMILES string of the molecule is NCC1CC(=O)N(c2cccc(-n3cccn3)c2)C1. The van der Waals surface area contributed by atoms with Gasteiger partial charge in [-0.3, -0.25) is 4.79 Å². The Hall–Kier alpha value is -2.14. The Kier molecular flexibility index (Phi) is 3.05. The molecular formula is C14H16N4O. The summed E-state index contributed by atoms with van der Waals surface area (Å²) in [5.74, 6) is 0.411. The maximum Gasteiger partial charge on any atom is 0.227 e. The number of rotatable bonds is 3. The highest BCUT2D eigenvalue weighted by atomic mass is 16.2.